The number of hydrogen-bond acceptors (Lipinski definition) is 5. The number of imide groups is 1. The van der Waals surface area contributed by atoms with Crippen LogP contribution in [0.4, 0.5) is 11.4 Å². The number of nitrogens with zero attached hydrogens (tertiary/aromatic N) is 3. The molecule has 2 amide bonds. The van der Waals surface area contributed by atoms with Crippen molar-refractivity contribution in [1.29, 1.82) is 5.26 Å². The fourth-order valence-corrected chi connectivity index (χ4v) is 3.28. The van der Waals surface area contributed by atoms with E-state index in [4.69, 9.17) is 5.73 Å². The van der Waals surface area contributed by atoms with Gasteiger partial charge in [0.05, 0.1) is 5.69 Å². The molecule has 3 aromatic rings. The molecule has 0 bridgehead atoms. The Labute approximate surface area is 187 Å². The summed E-state index contributed by atoms with van der Waals surface area (Å²) in [4.78, 5) is 28.4. The standard InChI is InChI=1S/C26H24N4O2/c1-20(31)30(25-14-12-24(28)13-15-25)26(32)23(16-27)19-29(17-21-8-4-2-5-9-21)18-22-10-6-3-7-11-22/h2-15,19H,17-18,28H2,1H3/b23-19-. The molecule has 0 saturated heterocycles. The molecule has 32 heavy (non-hydrogen) atoms. The first-order valence-corrected chi connectivity index (χ1v) is 10.1. The zero-order valence-electron chi connectivity index (χ0n) is 17.8. The quantitative estimate of drug-likeness (QED) is 0.348. The van der Waals surface area contributed by atoms with Crippen molar-refractivity contribution >= 4 is 23.2 Å². The van der Waals surface area contributed by atoms with Crippen molar-refractivity contribution in [2.24, 2.45) is 0 Å². The van der Waals surface area contributed by atoms with Crippen molar-refractivity contribution in [3.05, 3.63) is 108 Å². The Morgan fingerprint density at radius 1 is 0.875 bits per heavy atom. The average Bonchev–Trinajstić information content (AvgIpc) is 2.80. The number of hydrogen-bond donors (Lipinski definition) is 1. The monoisotopic (exact) mass is 424 g/mol. The second-order valence-electron chi connectivity index (χ2n) is 7.28. The van der Waals surface area contributed by atoms with Crippen LogP contribution in [0.1, 0.15) is 18.1 Å². The third-order valence-electron chi connectivity index (χ3n) is 4.79. The Bertz CT molecular complexity index is 1090. The third-order valence-corrected chi connectivity index (χ3v) is 4.79. The molecule has 0 radical (unpaired) electrons. The first-order chi connectivity index (χ1) is 15.5. The van der Waals surface area contributed by atoms with Gasteiger partial charge in [-0.15, -0.1) is 0 Å². The SMILES string of the molecule is CC(=O)N(C(=O)/C(C#N)=C\N(Cc1ccccc1)Cc1ccccc1)c1ccc(N)cc1. The Hall–Kier alpha value is -4.37. The topological polar surface area (TPSA) is 90.4 Å². The Morgan fingerprint density at radius 2 is 1.38 bits per heavy atom. The molecule has 0 unspecified atom stereocenters. The van der Waals surface area contributed by atoms with Gasteiger partial charge in [0.15, 0.2) is 0 Å². The first kappa shape index (κ1) is 22.3. The van der Waals surface area contributed by atoms with Crippen LogP contribution in [0.5, 0.6) is 0 Å². The van der Waals surface area contributed by atoms with E-state index in [1.54, 1.807) is 24.3 Å². The number of carbonyl (C=O) groups is 2. The largest absolute Gasteiger partial charge is 0.399 e. The number of nitrogen functional groups attached to an aromatic ring is 1. The highest BCUT2D eigenvalue weighted by Gasteiger charge is 2.24. The zero-order valence-corrected chi connectivity index (χ0v) is 17.8. The number of benzene rings is 3. The normalized spacial score (nSPS) is 10.8. The number of anilines is 2. The van der Waals surface area contributed by atoms with Crippen LogP contribution < -0.4 is 10.6 Å². The molecule has 0 fully saturated rings. The Balaban J connectivity index is 1.94. The maximum absolute atomic E-state index is 13.2. The van der Waals surface area contributed by atoms with Crippen LogP contribution in [-0.2, 0) is 22.7 Å². The van der Waals surface area contributed by atoms with Crippen molar-refractivity contribution in [3.63, 3.8) is 0 Å². The summed E-state index contributed by atoms with van der Waals surface area (Å²) in [5.74, 6) is -1.17. The zero-order chi connectivity index (χ0) is 22.9. The smallest absolute Gasteiger partial charge is 0.277 e. The molecule has 0 aliphatic rings. The summed E-state index contributed by atoms with van der Waals surface area (Å²) < 4.78 is 0. The van der Waals surface area contributed by atoms with Gasteiger partial charge in [-0.2, -0.15) is 5.26 Å². The molecule has 0 aromatic heterocycles. The van der Waals surface area contributed by atoms with Crippen molar-refractivity contribution in [3.8, 4) is 6.07 Å². The summed E-state index contributed by atoms with van der Waals surface area (Å²) in [5, 5.41) is 9.78. The maximum atomic E-state index is 13.2. The van der Waals surface area contributed by atoms with Crippen LogP contribution in [0.15, 0.2) is 96.7 Å². The molecule has 0 atom stereocenters. The predicted molar refractivity (Wildman–Crippen MR) is 125 cm³/mol. The number of rotatable bonds is 7. The van der Waals surface area contributed by atoms with E-state index in [1.165, 1.54) is 13.1 Å². The lowest BCUT2D eigenvalue weighted by Crippen LogP contribution is -2.36. The fraction of sp³-hybridized carbons (Fsp3) is 0.115. The van der Waals surface area contributed by atoms with Crippen molar-refractivity contribution in [2.45, 2.75) is 20.0 Å². The van der Waals surface area contributed by atoms with E-state index in [2.05, 4.69) is 0 Å². The molecular formula is C26H24N4O2. The fourth-order valence-electron chi connectivity index (χ4n) is 3.28. The van der Waals surface area contributed by atoms with Crippen molar-refractivity contribution in [2.75, 3.05) is 10.6 Å². The highest BCUT2D eigenvalue weighted by atomic mass is 16.2. The summed E-state index contributed by atoms with van der Waals surface area (Å²) in [6, 6.07) is 27.9. The number of carbonyl (C=O) groups excluding carboxylic acids is 2. The van der Waals surface area contributed by atoms with E-state index in [1.807, 2.05) is 71.6 Å². The molecule has 0 spiro atoms. The van der Waals surface area contributed by atoms with Gasteiger partial charge in [-0.25, -0.2) is 4.90 Å². The maximum Gasteiger partial charge on any atom is 0.277 e. The highest BCUT2D eigenvalue weighted by Crippen LogP contribution is 2.20. The highest BCUT2D eigenvalue weighted by molar-refractivity contribution is 6.21. The van der Waals surface area contributed by atoms with Crippen LogP contribution >= 0.6 is 0 Å². The number of nitrogens with two attached hydrogens (primary N) is 1. The minimum Gasteiger partial charge on any atom is -0.399 e. The first-order valence-electron chi connectivity index (χ1n) is 10.1. The summed E-state index contributed by atoms with van der Waals surface area (Å²) >= 11 is 0. The van der Waals surface area contributed by atoms with E-state index >= 15 is 0 Å². The molecule has 0 aliphatic carbocycles. The summed E-state index contributed by atoms with van der Waals surface area (Å²) in [6.07, 6.45) is 1.52. The second-order valence-corrected chi connectivity index (χ2v) is 7.28. The van der Waals surface area contributed by atoms with Gasteiger partial charge in [-0.1, -0.05) is 60.7 Å². The number of amides is 2. The van der Waals surface area contributed by atoms with Gasteiger partial charge in [-0.3, -0.25) is 9.59 Å². The van der Waals surface area contributed by atoms with Crippen LogP contribution in [-0.4, -0.2) is 16.7 Å². The lowest BCUT2D eigenvalue weighted by Gasteiger charge is -2.23. The Morgan fingerprint density at radius 3 is 1.81 bits per heavy atom. The molecule has 0 saturated carbocycles. The van der Waals surface area contributed by atoms with Gasteiger partial charge in [0, 0.05) is 31.9 Å². The predicted octanol–water partition coefficient (Wildman–Crippen LogP) is 4.26. The molecule has 6 nitrogen and oxygen atoms in total. The molecule has 0 aliphatic heterocycles. The molecule has 0 heterocycles. The van der Waals surface area contributed by atoms with E-state index in [0.29, 0.717) is 24.5 Å². The number of nitriles is 1. The van der Waals surface area contributed by atoms with E-state index in [-0.39, 0.29) is 5.57 Å². The van der Waals surface area contributed by atoms with Gasteiger partial charge < -0.3 is 10.6 Å². The molecule has 3 aromatic carbocycles. The summed E-state index contributed by atoms with van der Waals surface area (Å²) in [6.45, 7) is 2.28. The molecule has 160 valence electrons. The van der Waals surface area contributed by atoms with Gasteiger partial charge in [0.1, 0.15) is 11.6 Å². The van der Waals surface area contributed by atoms with Crippen LogP contribution in [0.3, 0.4) is 0 Å². The third kappa shape index (κ3) is 5.83. The van der Waals surface area contributed by atoms with Gasteiger partial charge in [0.2, 0.25) is 5.91 Å². The van der Waals surface area contributed by atoms with Crippen LogP contribution in [0.2, 0.25) is 0 Å². The van der Waals surface area contributed by atoms with E-state index < -0.39 is 11.8 Å². The average molecular weight is 425 g/mol. The van der Waals surface area contributed by atoms with Gasteiger partial charge in [-0.05, 0) is 35.4 Å². The van der Waals surface area contributed by atoms with E-state index in [9.17, 15) is 14.9 Å². The molecule has 2 N–H and O–H groups in total. The van der Waals surface area contributed by atoms with Crippen LogP contribution in [0, 0.1) is 11.3 Å². The Kier molecular flexibility index (Phi) is 7.39. The molecule has 6 heteroatoms. The molecule has 3 rings (SSSR count). The minimum atomic E-state index is -0.684. The summed E-state index contributed by atoms with van der Waals surface area (Å²) in [7, 11) is 0. The van der Waals surface area contributed by atoms with Gasteiger partial charge >= 0.3 is 0 Å². The van der Waals surface area contributed by atoms with Crippen molar-refractivity contribution in [1.82, 2.24) is 4.90 Å². The van der Waals surface area contributed by atoms with Crippen molar-refractivity contribution < 1.29 is 9.59 Å². The van der Waals surface area contributed by atoms with E-state index in [0.717, 1.165) is 16.0 Å². The lowest BCUT2D eigenvalue weighted by atomic mass is 10.1. The van der Waals surface area contributed by atoms with Crippen LogP contribution in [0.25, 0.3) is 0 Å². The minimum absolute atomic E-state index is 0.135. The second kappa shape index (κ2) is 10.6. The molecular weight excluding hydrogens is 400 g/mol. The van der Waals surface area contributed by atoms with Gasteiger partial charge in [0.25, 0.3) is 5.91 Å². The lowest BCUT2D eigenvalue weighted by molar-refractivity contribution is -0.123. The summed E-state index contributed by atoms with van der Waals surface area (Å²) in [5.41, 5.74) is 8.52.